The van der Waals surface area contributed by atoms with Crippen molar-refractivity contribution in [3.8, 4) is 11.3 Å². The van der Waals surface area contributed by atoms with E-state index in [9.17, 15) is 18.3 Å². The van der Waals surface area contributed by atoms with Crippen molar-refractivity contribution >= 4 is 15.9 Å². The SMILES string of the molecule is CCS(=O)(=O)N[C@@H]1[C@H](Cc2cccc(-c3cc(C)cc(C)n3)c2F)N(C(=O)C(C)(C)O)CC1(F)F. The fourth-order valence-corrected chi connectivity index (χ4v) is 5.17. The standard InChI is InChI=1S/C24H30F3N3O4S/c1-6-35(33,34)29-21-19(30(13-24(21,26)27)22(31)23(4,5)32)12-16-8-7-9-17(20(16)25)18-11-14(2)10-15(3)28-18/h7-11,19,21,29,32H,6,12-13H2,1-5H3/t19-,21+/m0/s1. The van der Waals surface area contributed by atoms with Crippen molar-refractivity contribution < 1.29 is 31.5 Å². The molecule has 0 saturated carbocycles. The van der Waals surface area contributed by atoms with Crippen LogP contribution in [0.5, 0.6) is 0 Å². The van der Waals surface area contributed by atoms with E-state index in [0.717, 1.165) is 24.3 Å². The third kappa shape index (κ3) is 5.84. The van der Waals surface area contributed by atoms with E-state index in [-0.39, 0.29) is 11.1 Å². The highest BCUT2D eigenvalue weighted by Gasteiger charge is 2.58. The summed E-state index contributed by atoms with van der Waals surface area (Å²) in [5.74, 6) is -5.80. The van der Waals surface area contributed by atoms with Crippen molar-refractivity contribution in [3.05, 3.63) is 53.0 Å². The number of pyridine rings is 1. The Balaban J connectivity index is 2.08. The molecule has 1 aromatic carbocycles. The van der Waals surface area contributed by atoms with Gasteiger partial charge in [0.1, 0.15) is 17.5 Å². The average Bonchev–Trinajstić information content (AvgIpc) is 2.97. The number of aliphatic hydroxyl groups is 1. The minimum Gasteiger partial charge on any atom is -0.381 e. The van der Waals surface area contributed by atoms with Crippen LogP contribution in [0, 0.1) is 19.7 Å². The Morgan fingerprint density at radius 3 is 2.51 bits per heavy atom. The van der Waals surface area contributed by atoms with Gasteiger partial charge < -0.3 is 10.0 Å². The Labute approximate surface area is 203 Å². The zero-order valence-electron chi connectivity index (χ0n) is 20.3. The number of amides is 1. The highest BCUT2D eigenvalue weighted by Crippen LogP contribution is 2.37. The van der Waals surface area contributed by atoms with Crippen LogP contribution < -0.4 is 4.72 Å². The molecule has 1 fully saturated rings. The Bertz CT molecular complexity index is 1210. The summed E-state index contributed by atoms with van der Waals surface area (Å²) in [5, 5.41) is 10.2. The number of carbonyl (C=O) groups is 1. The molecule has 7 nitrogen and oxygen atoms in total. The molecule has 2 N–H and O–H groups in total. The van der Waals surface area contributed by atoms with E-state index in [1.165, 1.54) is 19.1 Å². The molecule has 2 heterocycles. The molecule has 35 heavy (non-hydrogen) atoms. The van der Waals surface area contributed by atoms with Gasteiger partial charge in [-0.25, -0.2) is 26.3 Å². The fourth-order valence-electron chi connectivity index (χ4n) is 4.29. The molecule has 1 amide bonds. The number of hydrogen-bond donors (Lipinski definition) is 2. The summed E-state index contributed by atoms with van der Waals surface area (Å²) in [4.78, 5) is 17.9. The Morgan fingerprint density at radius 2 is 1.94 bits per heavy atom. The zero-order valence-corrected chi connectivity index (χ0v) is 21.1. The van der Waals surface area contributed by atoms with Crippen LogP contribution in [0.25, 0.3) is 11.3 Å². The summed E-state index contributed by atoms with van der Waals surface area (Å²) in [5.41, 5.74) is 0.0905. The van der Waals surface area contributed by atoms with Gasteiger partial charge in [0.2, 0.25) is 10.0 Å². The van der Waals surface area contributed by atoms with E-state index in [2.05, 4.69) is 4.98 Å². The van der Waals surface area contributed by atoms with Gasteiger partial charge in [0.05, 0.1) is 24.0 Å². The van der Waals surface area contributed by atoms with E-state index in [1.807, 2.05) is 17.7 Å². The van der Waals surface area contributed by atoms with Crippen LogP contribution in [0.3, 0.4) is 0 Å². The molecule has 0 unspecified atom stereocenters. The van der Waals surface area contributed by atoms with E-state index in [1.54, 1.807) is 19.1 Å². The van der Waals surface area contributed by atoms with Gasteiger partial charge >= 0.3 is 0 Å². The molecule has 1 aromatic heterocycles. The number of benzene rings is 1. The molecule has 0 aliphatic carbocycles. The number of alkyl halides is 2. The first kappa shape index (κ1) is 27.1. The van der Waals surface area contributed by atoms with Gasteiger partial charge in [0.25, 0.3) is 11.8 Å². The number of aryl methyl sites for hydroxylation is 2. The van der Waals surface area contributed by atoms with Crippen LogP contribution in [0.1, 0.15) is 37.6 Å². The van der Waals surface area contributed by atoms with E-state index in [4.69, 9.17) is 0 Å². The molecule has 3 rings (SSSR count). The summed E-state index contributed by atoms with van der Waals surface area (Å²) in [6, 6.07) is 4.55. The van der Waals surface area contributed by atoms with E-state index < -0.39 is 64.1 Å². The molecule has 2 aromatic rings. The summed E-state index contributed by atoms with van der Waals surface area (Å²) < 4.78 is 72.2. The number of rotatable bonds is 7. The topological polar surface area (TPSA) is 99.6 Å². The maximum atomic E-state index is 15.6. The van der Waals surface area contributed by atoms with E-state index >= 15 is 13.2 Å². The van der Waals surface area contributed by atoms with Crippen molar-refractivity contribution in [3.63, 3.8) is 0 Å². The van der Waals surface area contributed by atoms with Crippen molar-refractivity contribution in [1.29, 1.82) is 0 Å². The quantitative estimate of drug-likeness (QED) is 0.593. The normalized spacial score (nSPS) is 20.3. The summed E-state index contributed by atoms with van der Waals surface area (Å²) >= 11 is 0. The first-order chi connectivity index (χ1) is 16.1. The lowest BCUT2D eigenvalue weighted by Crippen LogP contribution is -2.54. The minimum absolute atomic E-state index is 0.0143. The molecule has 11 heteroatoms. The maximum Gasteiger partial charge on any atom is 0.283 e. The van der Waals surface area contributed by atoms with Crippen LogP contribution in [-0.2, 0) is 21.2 Å². The maximum absolute atomic E-state index is 15.6. The first-order valence-corrected chi connectivity index (χ1v) is 12.9. The van der Waals surface area contributed by atoms with Crippen LogP contribution >= 0.6 is 0 Å². The molecule has 0 radical (unpaired) electrons. The highest BCUT2D eigenvalue weighted by molar-refractivity contribution is 7.89. The predicted molar refractivity (Wildman–Crippen MR) is 126 cm³/mol. The molecule has 1 aliphatic heterocycles. The van der Waals surface area contributed by atoms with Crippen LogP contribution in [0.15, 0.2) is 30.3 Å². The van der Waals surface area contributed by atoms with Crippen molar-refractivity contribution in [1.82, 2.24) is 14.6 Å². The molecule has 1 aliphatic rings. The fraction of sp³-hybridized carbons (Fsp3) is 0.500. The number of sulfonamides is 1. The monoisotopic (exact) mass is 513 g/mol. The summed E-state index contributed by atoms with van der Waals surface area (Å²) in [6.07, 6.45) is -0.404. The Kier molecular flexibility index (Phi) is 7.36. The van der Waals surface area contributed by atoms with Gasteiger partial charge in [0, 0.05) is 11.3 Å². The third-order valence-corrected chi connectivity index (χ3v) is 7.35. The van der Waals surface area contributed by atoms with Gasteiger partial charge in [-0.15, -0.1) is 0 Å². The molecule has 0 spiro atoms. The molecular formula is C24H30F3N3O4S. The largest absolute Gasteiger partial charge is 0.381 e. The van der Waals surface area contributed by atoms with Crippen LogP contribution in [-0.4, -0.2) is 65.2 Å². The minimum atomic E-state index is -4.09. The second-order valence-electron chi connectivity index (χ2n) is 9.47. The molecule has 0 bridgehead atoms. The lowest BCUT2D eigenvalue weighted by atomic mass is 9.95. The van der Waals surface area contributed by atoms with Gasteiger partial charge in [-0.1, -0.05) is 12.1 Å². The second-order valence-corrected chi connectivity index (χ2v) is 11.5. The summed E-state index contributed by atoms with van der Waals surface area (Å²) in [7, 11) is -4.09. The number of hydrogen-bond acceptors (Lipinski definition) is 5. The molecule has 1 saturated heterocycles. The lowest BCUT2D eigenvalue weighted by molar-refractivity contribution is -0.149. The zero-order chi connectivity index (χ0) is 26.3. The van der Waals surface area contributed by atoms with Gasteiger partial charge in [-0.2, -0.15) is 0 Å². The second kappa shape index (κ2) is 9.51. The van der Waals surface area contributed by atoms with Crippen molar-refractivity contribution in [2.75, 3.05) is 12.3 Å². The lowest BCUT2D eigenvalue weighted by Gasteiger charge is -2.32. The third-order valence-electron chi connectivity index (χ3n) is 5.97. The van der Waals surface area contributed by atoms with Crippen molar-refractivity contribution in [2.45, 2.75) is 64.6 Å². The molecule has 2 atom stereocenters. The molecular weight excluding hydrogens is 483 g/mol. The number of nitrogens with one attached hydrogen (secondary N) is 1. The number of halogens is 3. The van der Waals surface area contributed by atoms with Crippen LogP contribution in [0.4, 0.5) is 13.2 Å². The van der Waals surface area contributed by atoms with Gasteiger partial charge in [-0.05, 0) is 70.4 Å². The first-order valence-electron chi connectivity index (χ1n) is 11.2. The number of aromatic nitrogens is 1. The Morgan fingerprint density at radius 1 is 1.29 bits per heavy atom. The van der Waals surface area contributed by atoms with E-state index in [0.29, 0.717) is 11.4 Å². The number of likely N-dealkylation sites (tertiary alicyclic amines) is 1. The number of nitrogens with zero attached hydrogens (tertiary/aromatic N) is 2. The molecule has 192 valence electrons. The predicted octanol–water partition coefficient (Wildman–Crippen LogP) is 2.97. The Hall–Kier alpha value is -2.50. The number of carbonyl (C=O) groups excluding carboxylic acids is 1. The van der Waals surface area contributed by atoms with Crippen LogP contribution in [0.2, 0.25) is 0 Å². The highest BCUT2D eigenvalue weighted by atomic mass is 32.2. The van der Waals surface area contributed by atoms with Gasteiger partial charge in [0.15, 0.2) is 0 Å². The van der Waals surface area contributed by atoms with Gasteiger partial charge in [-0.3, -0.25) is 9.78 Å². The average molecular weight is 514 g/mol. The summed E-state index contributed by atoms with van der Waals surface area (Å²) in [6.45, 7) is 6.10. The van der Waals surface area contributed by atoms with Crippen molar-refractivity contribution in [2.24, 2.45) is 0 Å². The smallest absolute Gasteiger partial charge is 0.283 e.